The van der Waals surface area contributed by atoms with Gasteiger partial charge < -0.3 is 54.3 Å². The molecule has 0 spiro atoms. The van der Waals surface area contributed by atoms with Crippen LogP contribution in [-0.2, 0) is 16.0 Å². The van der Waals surface area contributed by atoms with Crippen LogP contribution in [0.1, 0.15) is 142 Å². The van der Waals surface area contributed by atoms with Gasteiger partial charge in [-0.1, -0.05) is 24.3 Å². The molecule has 8 amide bonds. The van der Waals surface area contributed by atoms with Gasteiger partial charge in [0.2, 0.25) is 5.91 Å². The molecule has 25 nitrogen and oxygen atoms in total. The van der Waals surface area contributed by atoms with E-state index in [1.807, 2.05) is 118 Å². The van der Waals surface area contributed by atoms with Crippen LogP contribution in [0.5, 0.6) is 28.7 Å². The minimum atomic E-state index is -0.398. The highest BCUT2D eigenvalue weighted by atomic mass is 16.5. The zero-order valence-electron chi connectivity index (χ0n) is 65.5. The van der Waals surface area contributed by atoms with Gasteiger partial charge in [0.1, 0.15) is 28.7 Å². The molecule has 1 saturated carbocycles. The number of urea groups is 3. The molecule has 0 saturated heterocycles. The van der Waals surface area contributed by atoms with Crippen LogP contribution < -0.4 is 64.1 Å². The van der Waals surface area contributed by atoms with E-state index in [0.717, 1.165) is 206 Å². The van der Waals surface area contributed by atoms with Gasteiger partial charge in [-0.05, 0) is 207 Å². The summed E-state index contributed by atoms with van der Waals surface area (Å²) in [5, 5.41) is 8.08. The Morgan fingerprint density at radius 1 is 0.482 bits per heavy atom. The average Bonchev–Trinajstić information content (AvgIpc) is 1.34. The molecular weight excluding hydrogens is 1420 g/mol. The summed E-state index contributed by atoms with van der Waals surface area (Å²) >= 11 is 0. The van der Waals surface area contributed by atoms with Crippen LogP contribution in [0.25, 0.3) is 11.1 Å². The SMILES string of the molecule is CCNC(=O)N(C)c1ccc2c(c1)C(Cc1cnc[nH]1)CCO2.CN(C(=O)C1CC1)c1ccc2c(c1)C(CC1=CCC=N1)CCO2.CNC(=O)N(C)c1ccc2c(c1)/C(=C/C1=CCC=N1)CCO2.CNC(=O)N(C)c1ccc2c(c1)C(CC1=CCC=N1)CCO2.COC(=O)N(C)c1ccc2c(c1)/C(=C/C1=CCC=N1)CCO2. The lowest BCUT2D eigenvalue weighted by Crippen LogP contribution is -2.37. The van der Waals surface area contributed by atoms with Crippen molar-refractivity contribution in [1.29, 1.82) is 0 Å². The molecule has 5 aromatic carbocycles. The Morgan fingerprint density at radius 3 is 1.28 bits per heavy atom. The maximum atomic E-state index is 12.3. The molecule has 16 rings (SSSR count). The van der Waals surface area contributed by atoms with Gasteiger partial charge in [-0.25, -0.2) is 24.2 Å². The largest absolute Gasteiger partial charge is 0.493 e. The maximum absolute atomic E-state index is 12.3. The van der Waals surface area contributed by atoms with Crippen molar-refractivity contribution in [3.05, 3.63) is 196 Å². The lowest BCUT2D eigenvalue weighted by molar-refractivity contribution is -0.119. The van der Waals surface area contributed by atoms with Crippen molar-refractivity contribution in [2.45, 2.75) is 115 Å². The number of allylic oxidation sites excluding steroid dienone is 8. The number of H-pyrrole nitrogens is 1. The summed E-state index contributed by atoms with van der Waals surface area (Å²) in [4.78, 5) is 92.5. The third-order valence-corrected chi connectivity index (χ3v) is 21.0. The summed E-state index contributed by atoms with van der Waals surface area (Å²) < 4.78 is 33.5. The van der Waals surface area contributed by atoms with E-state index in [9.17, 15) is 24.0 Å². The first-order valence-corrected chi connectivity index (χ1v) is 38.6. The Morgan fingerprint density at radius 2 is 0.884 bits per heavy atom. The normalized spacial score (nSPS) is 18.7. The van der Waals surface area contributed by atoms with Crippen molar-refractivity contribution in [1.82, 2.24) is 25.9 Å². The fourth-order valence-corrected chi connectivity index (χ4v) is 14.4. The predicted molar refractivity (Wildman–Crippen MR) is 443 cm³/mol. The van der Waals surface area contributed by atoms with E-state index in [-0.39, 0.29) is 29.9 Å². The van der Waals surface area contributed by atoms with Gasteiger partial charge in [0.15, 0.2) is 0 Å². The lowest BCUT2D eigenvalue weighted by Gasteiger charge is -2.28. The van der Waals surface area contributed by atoms with E-state index >= 15 is 0 Å². The van der Waals surface area contributed by atoms with E-state index < -0.39 is 6.09 Å². The van der Waals surface area contributed by atoms with Crippen molar-refractivity contribution in [3.8, 4) is 28.7 Å². The standard InChI is InChI=1S/C19H22N2O2.C17H22N4O2.C17H21N3O2.C17H19N3O2.C17H18N2O3/c1-21(19(22)13-4-5-13)16-6-7-18-17(12-16)14(8-10-23-18)11-15-3-2-9-20-15;1-3-19-17(22)21(2)14-4-5-16-15(9-14)12(6-7-23-16)8-13-10-18-11-20-13;2*1-18-17(21)20(2)14-5-6-16-15(11-14)12(7-9-22-16)10-13-4-3-8-19-13;1-19(17(20)21-2)14-5-6-16-15(11-14)12(7-9-22-16)10-13-4-3-8-18-13/h3,6-7,9,12-14H,2,4-5,8,10-11H2,1H3;4-5,9-12H,3,6-8H2,1-2H3,(H,18,20)(H,19,22);4-6,8,11-12H,3,7,9-10H2,1-2H3,(H,18,21);4-6,8,10-11H,3,7,9H2,1-2H3,(H,18,21);4-6,8,10-11H,3,7,9H2,1-2H3/b;;;2*12-10+. The number of imidazole rings is 1. The van der Waals surface area contributed by atoms with Gasteiger partial charge in [0.25, 0.3) is 0 Å². The number of hydrogen-bond acceptors (Lipinski definition) is 16. The first kappa shape index (κ1) is 79.5. The highest BCUT2D eigenvalue weighted by Gasteiger charge is 2.34. The van der Waals surface area contributed by atoms with Gasteiger partial charge in [-0.15, -0.1) is 0 Å². The second-order valence-electron chi connectivity index (χ2n) is 28.4. The molecule has 0 radical (unpaired) electrons. The lowest BCUT2D eigenvalue weighted by atomic mass is 9.88. The van der Waals surface area contributed by atoms with Gasteiger partial charge in [-0.2, -0.15) is 0 Å². The van der Waals surface area contributed by atoms with Crippen LogP contribution in [-0.4, -0.2) is 161 Å². The molecule has 9 aliphatic heterocycles. The van der Waals surface area contributed by atoms with Crippen molar-refractivity contribution in [2.75, 3.05) is 121 Å². The zero-order chi connectivity index (χ0) is 78.6. The smallest absolute Gasteiger partial charge is 0.413 e. The number of aliphatic imine (C=N–C) groups is 4. The number of nitrogens with zero attached hydrogens (tertiary/aromatic N) is 10. The number of methoxy groups -OCH3 is 1. The van der Waals surface area contributed by atoms with Gasteiger partial charge in [-0.3, -0.25) is 44.4 Å². The van der Waals surface area contributed by atoms with E-state index in [1.165, 1.54) is 40.0 Å². The number of aromatic amines is 1. The minimum absolute atomic E-state index is 0.103. The average molecular weight is 1520 g/mol. The highest BCUT2D eigenvalue weighted by Crippen LogP contribution is 2.45. The fraction of sp³-hybridized carbons (Fsp3) is 0.379. The van der Waals surface area contributed by atoms with E-state index in [2.05, 4.69) is 101 Å². The molecule has 0 bridgehead atoms. The van der Waals surface area contributed by atoms with Crippen molar-refractivity contribution in [2.24, 2.45) is 25.9 Å². The van der Waals surface area contributed by atoms with E-state index in [0.29, 0.717) is 37.5 Å². The summed E-state index contributed by atoms with van der Waals surface area (Å²) in [6.07, 6.45) is 36.8. The van der Waals surface area contributed by atoms with Crippen LogP contribution in [0.2, 0.25) is 0 Å². The molecule has 3 atom stereocenters. The molecule has 112 heavy (non-hydrogen) atoms. The Bertz CT molecular complexity index is 4620. The number of anilines is 5. The fourth-order valence-electron chi connectivity index (χ4n) is 14.4. The number of aromatic nitrogens is 2. The maximum Gasteiger partial charge on any atom is 0.413 e. The molecule has 6 aromatic rings. The molecule has 586 valence electrons. The Balaban J connectivity index is 0.000000130. The van der Waals surface area contributed by atoms with Crippen molar-refractivity contribution >= 4 is 94.5 Å². The molecule has 1 aliphatic carbocycles. The summed E-state index contributed by atoms with van der Waals surface area (Å²) in [5.74, 6) is 6.13. The number of amides is 8. The number of benzene rings is 5. The molecule has 25 heteroatoms. The molecular formula is C87H102N14O11. The number of rotatable bonds is 15. The molecule has 4 N–H and O–H groups in total. The van der Waals surface area contributed by atoms with Crippen LogP contribution in [0.15, 0.2) is 183 Å². The Hall–Kier alpha value is -12.0. The number of carbonyl (C=O) groups is 5. The second kappa shape index (κ2) is 38.1. The Kier molecular flexibility index (Phi) is 27.0. The monoisotopic (exact) mass is 1520 g/mol. The van der Waals surface area contributed by atoms with Gasteiger partial charge in [0, 0.05) is 188 Å². The second-order valence-corrected chi connectivity index (χ2v) is 28.4. The van der Waals surface area contributed by atoms with Crippen LogP contribution in [0.3, 0.4) is 0 Å². The topological polar surface area (TPSA) is 271 Å². The molecule has 10 heterocycles. The van der Waals surface area contributed by atoms with Crippen LogP contribution in [0.4, 0.5) is 47.6 Å². The number of carbonyl (C=O) groups excluding carboxylic acids is 5. The van der Waals surface area contributed by atoms with Crippen molar-refractivity contribution < 1.29 is 52.4 Å². The third kappa shape index (κ3) is 20.1. The molecule has 1 fully saturated rings. The molecule has 3 unspecified atom stereocenters. The minimum Gasteiger partial charge on any atom is -0.493 e. The van der Waals surface area contributed by atoms with Crippen molar-refractivity contribution in [3.63, 3.8) is 0 Å². The summed E-state index contributed by atoms with van der Waals surface area (Å²) in [6.45, 7) is 6.05. The first-order valence-electron chi connectivity index (χ1n) is 38.6. The predicted octanol–water partition coefficient (Wildman–Crippen LogP) is 15.8. The summed E-state index contributed by atoms with van der Waals surface area (Å²) in [6, 6.07) is 29.2. The zero-order valence-corrected chi connectivity index (χ0v) is 65.5. The third-order valence-electron chi connectivity index (χ3n) is 21.0. The molecule has 10 aliphatic rings. The van der Waals surface area contributed by atoms with Gasteiger partial charge in [0.05, 0.1) is 57.9 Å². The summed E-state index contributed by atoms with van der Waals surface area (Å²) in [5.41, 5.74) is 17.7. The number of ether oxygens (including phenoxy) is 6. The number of hydrogen-bond donors (Lipinski definition) is 4. The Labute approximate surface area is 655 Å². The van der Waals surface area contributed by atoms with E-state index in [1.54, 1.807) is 68.2 Å². The highest BCUT2D eigenvalue weighted by molar-refractivity contribution is 5.97. The van der Waals surface area contributed by atoms with Crippen LogP contribution >= 0.6 is 0 Å². The van der Waals surface area contributed by atoms with Gasteiger partial charge >= 0.3 is 24.2 Å². The number of fused-ring (bicyclic) bond motifs is 5. The first-order chi connectivity index (χ1) is 54.5. The summed E-state index contributed by atoms with van der Waals surface area (Å²) in [7, 11) is 13.5. The van der Waals surface area contributed by atoms with Crippen LogP contribution in [0, 0.1) is 5.92 Å². The number of nitrogens with one attached hydrogen (secondary N) is 4. The van der Waals surface area contributed by atoms with E-state index in [4.69, 9.17) is 28.4 Å². The quantitative estimate of drug-likeness (QED) is 0.0747. The molecule has 1 aromatic heterocycles.